The number of para-hydroxylation sites is 2. The maximum atomic E-state index is 12.2. The second kappa shape index (κ2) is 6.35. The Bertz CT molecular complexity index is 716. The average Bonchev–Trinajstić information content (AvgIpc) is 2.49. The molecule has 0 aromatic heterocycles. The summed E-state index contributed by atoms with van der Waals surface area (Å²) in [5.74, 6) is -0.0488. The molecule has 0 spiro atoms. The number of hydrogen-bond acceptors (Lipinski definition) is 4. The highest BCUT2D eigenvalue weighted by Crippen LogP contribution is 2.31. The van der Waals surface area contributed by atoms with Gasteiger partial charge in [-0.25, -0.2) is 4.79 Å². The fourth-order valence-electron chi connectivity index (χ4n) is 2.25. The van der Waals surface area contributed by atoms with Crippen molar-refractivity contribution in [3.05, 3.63) is 52.1 Å². The van der Waals surface area contributed by atoms with E-state index in [0.29, 0.717) is 5.75 Å². The molecule has 5 nitrogen and oxygen atoms in total. The van der Waals surface area contributed by atoms with Gasteiger partial charge < -0.3 is 15.0 Å². The third kappa shape index (κ3) is 3.38. The summed E-state index contributed by atoms with van der Waals surface area (Å²) in [6.45, 7) is 0.162. The predicted octanol–water partition coefficient (Wildman–Crippen LogP) is 2.66. The number of hydrogen-bond donors (Lipinski definition) is 1. The standard InChI is InChI=1S/C16H13IN2O3/c17-11-5-7-12(8-6-11)18-15(20)9-19-10-16(21)22-14-4-2-1-3-13(14)19/h1-8H,9-10H2,(H,18,20). The second-order valence-electron chi connectivity index (χ2n) is 4.85. The van der Waals surface area contributed by atoms with Gasteiger partial charge in [0, 0.05) is 9.26 Å². The molecule has 6 heteroatoms. The van der Waals surface area contributed by atoms with Gasteiger partial charge in [0.1, 0.15) is 6.54 Å². The summed E-state index contributed by atoms with van der Waals surface area (Å²) in [5.41, 5.74) is 1.48. The molecule has 1 heterocycles. The van der Waals surface area contributed by atoms with Crippen LogP contribution in [0.15, 0.2) is 48.5 Å². The van der Waals surface area contributed by atoms with Crippen LogP contribution in [-0.2, 0) is 9.59 Å². The van der Waals surface area contributed by atoms with Crippen LogP contribution in [0.4, 0.5) is 11.4 Å². The molecule has 22 heavy (non-hydrogen) atoms. The Morgan fingerprint density at radius 1 is 1.18 bits per heavy atom. The van der Waals surface area contributed by atoms with E-state index in [1.54, 1.807) is 17.0 Å². The summed E-state index contributed by atoms with van der Waals surface area (Å²) < 4.78 is 6.26. The molecule has 2 aromatic rings. The van der Waals surface area contributed by atoms with Crippen molar-refractivity contribution < 1.29 is 14.3 Å². The van der Waals surface area contributed by atoms with Gasteiger partial charge in [-0.3, -0.25) is 4.79 Å². The van der Waals surface area contributed by atoms with Crippen molar-refractivity contribution in [3.63, 3.8) is 0 Å². The molecule has 0 fully saturated rings. The molecule has 0 saturated heterocycles. The fourth-order valence-corrected chi connectivity index (χ4v) is 2.61. The van der Waals surface area contributed by atoms with Crippen LogP contribution >= 0.6 is 22.6 Å². The first-order chi connectivity index (χ1) is 10.6. The molecular weight excluding hydrogens is 395 g/mol. The van der Waals surface area contributed by atoms with Gasteiger partial charge in [-0.15, -0.1) is 0 Å². The number of carbonyl (C=O) groups is 2. The molecule has 1 N–H and O–H groups in total. The van der Waals surface area contributed by atoms with Crippen LogP contribution in [0, 0.1) is 3.57 Å². The van der Waals surface area contributed by atoms with Crippen LogP contribution in [0.5, 0.6) is 5.75 Å². The SMILES string of the molecule is O=C(CN1CC(=O)Oc2ccccc21)Nc1ccc(I)cc1. The van der Waals surface area contributed by atoms with E-state index in [2.05, 4.69) is 27.9 Å². The van der Waals surface area contributed by atoms with E-state index in [9.17, 15) is 9.59 Å². The van der Waals surface area contributed by atoms with Gasteiger partial charge in [0.2, 0.25) is 5.91 Å². The first kappa shape index (κ1) is 14.8. The summed E-state index contributed by atoms with van der Waals surface area (Å²) in [4.78, 5) is 25.5. The van der Waals surface area contributed by atoms with Crippen molar-refractivity contribution in [2.75, 3.05) is 23.3 Å². The molecule has 0 bridgehead atoms. The number of anilines is 2. The Kier molecular flexibility index (Phi) is 4.28. The highest BCUT2D eigenvalue weighted by molar-refractivity contribution is 14.1. The lowest BCUT2D eigenvalue weighted by molar-refractivity contribution is -0.133. The van der Waals surface area contributed by atoms with E-state index in [-0.39, 0.29) is 25.0 Å². The van der Waals surface area contributed by atoms with Crippen LogP contribution in [0.25, 0.3) is 0 Å². The minimum atomic E-state index is -0.360. The van der Waals surface area contributed by atoms with E-state index in [0.717, 1.165) is 14.9 Å². The molecule has 0 unspecified atom stereocenters. The van der Waals surface area contributed by atoms with E-state index in [4.69, 9.17) is 4.74 Å². The second-order valence-corrected chi connectivity index (χ2v) is 6.10. The molecule has 3 rings (SSSR count). The number of nitrogens with zero attached hydrogens (tertiary/aromatic N) is 1. The van der Waals surface area contributed by atoms with Crippen molar-refractivity contribution in [1.82, 2.24) is 0 Å². The largest absolute Gasteiger partial charge is 0.423 e. The van der Waals surface area contributed by atoms with E-state index in [1.165, 1.54) is 0 Å². The lowest BCUT2D eigenvalue weighted by Gasteiger charge is -2.29. The lowest BCUT2D eigenvalue weighted by atomic mass is 10.2. The summed E-state index contributed by atoms with van der Waals surface area (Å²) in [6.07, 6.45) is 0. The first-order valence-corrected chi connectivity index (χ1v) is 7.80. The molecule has 112 valence electrons. The molecule has 2 aromatic carbocycles. The predicted molar refractivity (Wildman–Crippen MR) is 92.1 cm³/mol. The Hall–Kier alpha value is -2.09. The third-order valence-corrected chi connectivity index (χ3v) is 3.93. The quantitative estimate of drug-likeness (QED) is 0.482. The summed E-state index contributed by atoms with van der Waals surface area (Å²) in [6, 6.07) is 14.7. The van der Waals surface area contributed by atoms with Crippen molar-refractivity contribution in [2.45, 2.75) is 0 Å². The number of amides is 1. The highest BCUT2D eigenvalue weighted by atomic mass is 127. The van der Waals surface area contributed by atoms with Crippen LogP contribution < -0.4 is 15.0 Å². The molecule has 0 radical (unpaired) electrons. The number of esters is 1. The zero-order valence-corrected chi connectivity index (χ0v) is 13.7. The normalized spacial score (nSPS) is 13.3. The molecular formula is C16H13IN2O3. The molecule has 1 aliphatic rings. The number of carbonyl (C=O) groups excluding carboxylic acids is 2. The third-order valence-electron chi connectivity index (χ3n) is 3.21. The zero-order valence-electron chi connectivity index (χ0n) is 11.6. The Labute approximate surface area is 141 Å². The molecule has 0 saturated carbocycles. The highest BCUT2D eigenvalue weighted by Gasteiger charge is 2.25. The smallest absolute Gasteiger partial charge is 0.331 e. The Morgan fingerprint density at radius 3 is 2.68 bits per heavy atom. The fraction of sp³-hybridized carbons (Fsp3) is 0.125. The molecule has 0 aliphatic carbocycles. The first-order valence-electron chi connectivity index (χ1n) is 6.72. The van der Waals surface area contributed by atoms with Gasteiger partial charge in [0.05, 0.1) is 12.2 Å². The van der Waals surface area contributed by atoms with Gasteiger partial charge in [-0.1, -0.05) is 12.1 Å². The molecule has 0 atom stereocenters. The van der Waals surface area contributed by atoms with Gasteiger partial charge in [-0.05, 0) is 59.0 Å². The van der Waals surface area contributed by atoms with Crippen molar-refractivity contribution in [1.29, 1.82) is 0 Å². The van der Waals surface area contributed by atoms with Crippen LogP contribution in [-0.4, -0.2) is 25.0 Å². The van der Waals surface area contributed by atoms with E-state index < -0.39 is 0 Å². The van der Waals surface area contributed by atoms with Gasteiger partial charge in [0.15, 0.2) is 5.75 Å². The van der Waals surface area contributed by atoms with Crippen LogP contribution in [0.3, 0.4) is 0 Å². The van der Waals surface area contributed by atoms with Crippen molar-refractivity contribution >= 4 is 45.8 Å². The minimum absolute atomic E-state index is 0.0666. The zero-order chi connectivity index (χ0) is 15.5. The van der Waals surface area contributed by atoms with E-state index >= 15 is 0 Å². The molecule has 1 aliphatic heterocycles. The number of fused-ring (bicyclic) bond motifs is 1. The van der Waals surface area contributed by atoms with Gasteiger partial charge in [-0.2, -0.15) is 0 Å². The lowest BCUT2D eigenvalue weighted by Crippen LogP contribution is -2.41. The Morgan fingerprint density at radius 2 is 1.91 bits per heavy atom. The average molecular weight is 408 g/mol. The summed E-state index contributed by atoms with van der Waals surface area (Å²) >= 11 is 2.20. The summed E-state index contributed by atoms with van der Waals surface area (Å²) in [7, 11) is 0. The number of ether oxygens (including phenoxy) is 1. The van der Waals surface area contributed by atoms with Crippen molar-refractivity contribution in [3.8, 4) is 5.75 Å². The number of nitrogens with one attached hydrogen (secondary N) is 1. The van der Waals surface area contributed by atoms with Crippen molar-refractivity contribution in [2.24, 2.45) is 0 Å². The maximum absolute atomic E-state index is 12.2. The monoisotopic (exact) mass is 408 g/mol. The number of rotatable bonds is 3. The summed E-state index contributed by atoms with van der Waals surface area (Å²) in [5, 5.41) is 2.83. The number of benzene rings is 2. The van der Waals surface area contributed by atoms with Gasteiger partial charge >= 0.3 is 5.97 Å². The maximum Gasteiger partial charge on any atom is 0.331 e. The topological polar surface area (TPSA) is 58.6 Å². The molecule has 1 amide bonds. The van der Waals surface area contributed by atoms with Gasteiger partial charge in [0.25, 0.3) is 0 Å². The Balaban J connectivity index is 1.71. The van der Waals surface area contributed by atoms with Crippen LogP contribution in [0.2, 0.25) is 0 Å². The minimum Gasteiger partial charge on any atom is -0.423 e. The van der Waals surface area contributed by atoms with E-state index in [1.807, 2.05) is 36.4 Å². The van der Waals surface area contributed by atoms with Crippen LogP contribution in [0.1, 0.15) is 0 Å². The number of halogens is 1.